The topological polar surface area (TPSA) is 15.8 Å². The van der Waals surface area contributed by atoms with Crippen LogP contribution in [0.5, 0.6) is 0 Å². The number of aryl methyl sites for hydroxylation is 2. The Morgan fingerprint density at radius 2 is 1.07 bits per heavy atom. The maximum atomic E-state index is 3.46. The SMILES string of the molecule is CCCCCCc1ccc(-c2c[nH]c(-c3ccc(CCCCCC)cc3)c2)cc1. The highest BCUT2D eigenvalue weighted by Gasteiger charge is 2.05. The molecule has 0 amide bonds. The summed E-state index contributed by atoms with van der Waals surface area (Å²) in [5.41, 5.74) is 7.92. The van der Waals surface area contributed by atoms with Crippen molar-refractivity contribution in [3.63, 3.8) is 0 Å². The summed E-state index contributed by atoms with van der Waals surface area (Å²) in [6, 6.07) is 20.5. The van der Waals surface area contributed by atoms with E-state index in [-0.39, 0.29) is 0 Å². The Morgan fingerprint density at radius 1 is 0.552 bits per heavy atom. The lowest BCUT2D eigenvalue weighted by Crippen LogP contribution is -1.86. The molecular weight excluding hydrogens is 350 g/mol. The monoisotopic (exact) mass is 387 g/mol. The second kappa shape index (κ2) is 11.7. The summed E-state index contributed by atoms with van der Waals surface area (Å²) < 4.78 is 0. The fourth-order valence-electron chi connectivity index (χ4n) is 3.95. The lowest BCUT2D eigenvalue weighted by atomic mass is 10.0. The van der Waals surface area contributed by atoms with E-state index in [1.54, 1.807) is 0 Å². The minimum atomic E-state index is 1.20. The maximum absolute atomic E-state index is 3.46. The normalized spacial score (nSPS) is 11.1. The summed E-state index contributed by atoms with van der Waals surface area (Å²) in [7, 11) is 0. The van der Waals surface area contributed by atoms with Crippen molar-refractivity contribution in [2.24, 2.45) is 0 Å². The zero-order chi connectivity index (χ0) is 20.3. The quantitative estimate of drug-likeness (QED) is 0.299. The molecule has 0 saturated carbocycles. The molecule has 1 aromatic heterocycles. The van der Waals surface area contributed by atoms with E-state index >= 15 is 0 Å². The van der Waals surface area contributed by atoms with Crippen molar-refractivity contribution in [3.05, 3.63) is 71.9 Å². The molecular formula is C28H37N. The number of hydrogen-bond donors (Lipinski definition) is 1. The van der Waals surface area contributed by atoms with Crippen LogP contribution in [-0.4, -0.2) is 4.98 Å². The Bertz CT molecular complexity index is 754. The van der Waals surface area contributed by atoms with Gasteiger partial charge in [0.1, 0.15) is 0 Å². The molecule has 0 aliphatic heterocycles. The number of nitrogens with one attached hydrogen (secondary N) is 1. The van der Waals surface area contributed by atoms with Gasteiger partial charge in [-0.25, -0.2) is 0 Å². The number of benzene rings is 2. The van der Waals surface area contributed by atoms with Gasteiger partial charge in [-0.1, -0.05) is 101 Å². The van der Waals surface area contributed by atoms with E-state index in [2.05, 4.69) is 79.6 Å². The van der Waals surface area contributed by atoms with Gasteiger partial charge in [0.25, 0.3) is 0 Å². The molecule has 29 heavy (non-hydrogen) atoms. The molecule has 0 aliphatic rings. The fraction of sp³-hybridized carbons (Fsp3) is 0.429. The van der Waals surface area contributed by atoms with Gasteiger partial charge in [0.05, 0.1) is 0 Å². The van der Waals surface area contributed by atoms with E-state index < -0.39 is 0 Å². The number of unbranched alkanes of at least 4 members (excludes halogenated alkanes) is 6. The van der Waals surface area contributed by atoms with E-state index in [4.69, 9.17) is 0 Å². The molecule has 0 fully saturated rings. The van der Waals surface area contributed by atoms with Crippen LogP contribution in [0.25, 0.3) is 22.4 Å². The first kappa shape index (κ1) is 21.4. The number of aromatic amines is 1. The van der Waals surface area contributed by atoms with Crippen LogP contribution in [0, 0.1) is 0 Å². The van der Waals surface area contributed by atoms with Crippen LogP contribution < -0.4 is 0 Å². The molecule has 0 bridgehead atoms. The highest BCUT2D eigenvalue weighted by Crippen LogP contribution is 2.27. The van der Waals surface area contributed by atoms with Gasteiger partial charge >= 0.3 is 0 Å². The van der Waals surface area contributed by atoms with Crippen molar-refractivity contribution in [3.8, 4) is 22.4 Å². The molecule has 1 nitrogen and oxygen atoms in total. The second-order valence-electron chi connectivity index (χ2n) is 8.32. The first-order valence-corrected chi connectivity index (χ1v) is 11.7. The Kier molecular flexibility index (Phi) is 8.61. The standard InChI is InChI=1S/C28H37N/c1-3-5-7-9-11-23-13-17-25(18-14-23)27-21-28(29-22-27)26-19-15-24(16-20-26)12-10-8-6-4-2/h13-22,29H,3-12H2,1-2H3. The molecule has 154 valence electrons. The first-order chi connectivity index (χ1) is 14.3. The van der Waals surface area contributed by atoms with Crippen LogP contribution in [0.1, 0.15) is 76.3 Å². The average Bonchev–Trinajstić information content (AvgIpc) is 3.25. The second-order valence-corrected chi connectivity index (χ2v) is 8.32. The van der Waals surface area contributed by atoms with Crippen molar-refractivity contribution >= 4 is 0 Å². The Morgan fingerprint density at radius 3 is 1.59 bits per heavy atom. The third-order valence-corrected chi connectivity index (χ3v) is 5.87. The van der Waals surface area contributed by atoms with Crippen molar-refractivity contribution in [1.29, 1.82) is 0 Å². The van der Waals surface area contributed by atoms with Crippen molar-refractivity contribution < 1.29 is 0 Å². The number of rotatable bonds is 12. The summed E-state index contributed by atoms with van der Waals surface area (Å²) in [4.78, 5) is 3.46. The molecule has 1 heterocycles. The van der Waals surface area contributed by atoms with Gasteiger partial charge in [-0.15, -0.1) is 0 Å². The van der Waals surface area contributed by atoms with Gasteiger partial charge in [-0.2, -0.15) is 0 Å². The van der Waals surface area contributed by atoms with Crippen LogP contribution >= 0.6 is 0 Å². The number of aromatic nitrogens is 1. The Hall–Kier alpha value is -2.28. The van der Waals surface area contributed by atoms with E-state index in [1.165, 1.54) is 97.7 Å². The van der Waals surface area contributed by atoms with Gasteiger partial charge < -0.3 is 4.98 Å². The molecule has 0 saturated heterocycles. The molecule has 0 radical (unpaired) electrons. The van der Waals surface area contributed by atoms with Crippen LogP contribution in [-0.2, 0) is 12.8 Å². The summed E-state index contributed by atoms with van der Waals surface area (Å²) >= 11 is 0. The smallest absolute Gasteiger partial charge is 0.0460 e. The van der Waals surface area contributed by atoms with E-state index in [1.807, 2.05) is 0 Å². The van der Waals surface area contributed by atoms with E-state index in [0.717, 1.165) is 0 Å². The third-order valence-electron chi connectivity index (χ3n) is 5.87. The molecule has 2 aromatic carbocycles. The van der Waals surface area contributed by atoms with Crippen LogP contribution in [0.4, 0.5) is 0 Å². The number of H-pyrrole nitrogens is 1. The Labute approximate surface area is 177 Å². The average molecular weight is 388 g/mol. The van der Waals surface area contributed by atoms with Gasteiger partial charge in [-0.3, -0.25) is 0 Å². The summed E-state index contributed by atoms with van der Waals surface area (Å²) in [6.45, 7) is 4.53. The molecule has 3 rings (SSSR count). The summed E-state index contributed by atoms with van der Waals surface area (Å²) in [5, 5.41) is 0. The van der Waals surface area contributed by atoms with Gasteiger partial charge in [0.2, 0.25) is 0 Å². The molecule has 3 aromatic rings. The first-order valence-electron chi connectivity index (χ1n) is 11.7. The van der Waals surface area contributed by atoms with Crippen molar-refractivity contribution in [1.82, 2.24) is 4.98 Å². The van der Waals surface area contributed by atoms with Gasteiger partial charge in [-0.05, 0) is 59.6 Å². The largest absolute Gasteiger partial charge is 0.361 e. The molecule has 1 N–H and O–H groups in total. The van der Waals surface area contributed by atoms with Gasteiger partial charge in [0.15, 0.2) is 0 Å². The van der Waals surface area contributed by atoms with Crippen LogP contribution in [0.2, 0.25) is 0 Å². The molecule has 0 atom stereocenters. The van der Waals surface area contributed by atoms with Crippen LogP contribution in [0.3, 0.4) is 0 Å². The molecule has 0 aliphatic carbocycles. The van der Waals surface area contributed by atoms with Crippen molar-refractivity contribution in [2.75, 3.05) is 0 Å². The third kappa shape index (κ3) is 6.63. The van der Waals surface area contributed by atoms with Crippen LogP contribution in [0.15, 0.2) is 60.8 Å². The zero-order valence-electron chi connectivity index (χ0n) is 18.3. The lowest BCUT2D eigenvalue weighted by molar-refractivity contribution is 0.667. The zero-order valence-corrected chi connectivity index (χ0v) is 18.3. The molecule has 1 heteroatoms. The summed E-state index contributed by atoms with van der Waals surface area (Å²) in [5.74, 6) is 0. The highest BCUT2D eigenvalue weighted by atomic mass is 14.7. The molecule has 0 spiro atoms. The Balaban J connectivity index is 1.57. The maximum Gasteiger partial charge on any atom is 0.0460 e. The minimum absolute atomic E-state index is 1.20. The summed E-state index contributed by atoms with van der Waals surface area (Å²) in [6.07, 6.45) is 15.1. The fourth-order valence-corrected chi connectivity index (χ4v) is 3.95. The minimum Gasteiger partial charge on any atom is -0.361 e. The lowest BCUT2D eigenvalue weighted by Gasteiger charge is -2.04. The predicted molar refractivity (Wildman–Crippen MR) is 127 cm³/mol. The van der Waals surface area contributed by atoms with E-state index in [9.17, 15) is 0 Å². The van der Waals surface area contributed by atoms with E-state index in [0.29, 0.717) is 0 Å². The predicted octanol–water partition coefficient (Wildman–Crippen LogP) is 8.59. The van der Waals surface area contributed by atoms with Crippen molar-refractivity contribution in [2.45, 2.75) is 78.1 Å². The number of hydrogen-bond acceptors (Lipinski definition) is 0. The highest BCUT2D eigenvalue weighted by molar-refractivity contribution is 5.71. The van der Waals surface area contributed by atoms with Gasteiger partial charge in [0, 0.05) is 11.9 Å². The molecule has 0 unspecified atom stereocenters.